The molecular weight excluding hydrogens is 300 g/mol. The molecule has 2 fully saturated rings. The average Bonchev–Trinajstić information content (AvgIpc) is 3.13. The van der Waals surface area contributed by atoms with Crippen molar-refractivity contribution in [2.75, 3.05) is 32.4 Å². The fourth-order valence-electron chi connectivity index (χ4n) is 4.20. The largest absolute Gasteiger partial charge is 0.348 e. The molecule has 3 heterocycles. The monoisotopic (exact) mass is 324 g/mol. The van der Waals surface area contributed by atoms with Gasteiger partial charge in [0.05, 0.1) is 23.8 Å². The van der Waals surface area contributed by atoms with Crippen LogP contribution in [0.5, 0.6) is 0 Å². The number of nitrogens with one attached hydrogen (secondary N) is 1. The van der Waals surface area contributed by atoms with Crippen LogP contribution in [-0.2, 0) is 22.0 Å². The zero-order valence-electron chi connectivity index (χ0n) is 13.1. The second-order valence-electron chi connectivity index (χ2n) is 7.09. The van der Waals surface area contributed by atoms with E-state index >= 15 is 0 Å². The molecule has 1 aromatic rings. The number of aromatic nitrogens is 2. The molecule has 4 rings (SSSR count). The molecular formula is C15H24N4O2S. The van der Waals surface area contributed by atoms with E-state index in [1.165, 1.54) is 25.6 Å². The van der Waals surface area contributed by atoms with Crippen LogP contribution in [0.3, 0.4) is 0 Å². The molecule has 0 amide bonds. The zero-order valence-corrected chi connectivity index (χ0v) is 13.9. The van der Waals surface area contributed by atoms with Crippen molar-refractivity contribution in [1.29, 1.82) is 0 Å². The van der Waals surface area contributed by atoms with Gasteiger partial charge in [-0.3, -0.25) is 0 Å². The lowest BCUT2D eigenvalue weighted by Crippen LogP contribution is -2.58. The highest BCUT2D eigenvalue weighted by molar-refractivity contribution is 7.88. The SMILES string of the molecule is CS(=O)(=O)N1CCc2[nH]cnc2C12CCN(CC1CC1)CC2. The number of likely N-dealkylation sites (tertiary alicyclic amines) is 1. The third-order valence-corrected chi connectivity index (χ3v) is 6.83. The van der Waals surface area contributed by atoms with E-state index in [2.05, 4.69) is 14.9 Å². The summed E-state index contributed by atoms with van der Waals surface area (Å²) in [5.41, 5.74) is 1.66. The molecule has 6 nitrogen and oxygen atoms in total. The Morgan fingerprint density at radius 1 is 1.32 bits per heavy atom. The summed E-state index contributed by atoms with van der Waals surface area (Å²) in [7, 11) is -3.22. The van der Waals surface area contributed by atoms with Gasteiger partial charge in [0.25, 0.3) is 0 Å². The van der Waals surface area contributed by atoms with Gasteiger partial charge in [-0.25, -0.2) is 13.4 Å². The van der Waals surface area contributed by atoms with Crippen molar-refractivity contribution < 1.29 is 8.42 Å². The Morgan fingerprint density at radius 3 is 2.68 bits per heavy atom. The Morgan fingerprint density at radius 2 is 2.05 bits per heavy atom. The Bertz CT molecular complexity index is 657. The molecule has 1 aromatic heterocycles. The van der Waals surface area contributed by atoms with E-state index in [-0.39, 0.29) is 0 Å². The Labute approximate surface area is 132 Å². The molecule has 1 N–H and O–H groups in total. The first kappa shape index (κ1) is 14.7. The van der Waals surface area contributed by atoms with Gasteiger partial charge in [-0.1, -0.05) is 0 Å². The summed E-state index contributed by atoms with van der Waals surface area (Å²) in [5.74, 6) is 0.882. The van der Waals surface area contributed by atoms with E-state index in [0.717, 1.165) is 49.7 Å². The minimum atomic E-state index is -3.22. The fraction of sp³-hybridized carbons (Fsp3) is 0.800. The molecule has 1 spiro atoms. The van der Waals surface area contributed by atoms with Gasteiger partial charge in [0.1, 0.15) is 0 Å². The third-order valence-electron chi connectivity index (χ3n) is 5.50. The summed E-state index contributed by atoms with van der Waals surface area (Å²) in [5, 5.41) is 0. The van der Waals surface area contributed by atoms with Crippen molar-refractivity contribution in [3.8, 4) is 0 Å². The zero-order chi connectivity index (χ0) is 15.4. The Hall–Kier alpha value is -0.920. The molecule has 122 valence electrons. The van der Waals surface area contributed by atoms with E-state index < -0.39 is 15.6 Å². The molecule has 0 radical (unpaired) electrons. The summed E-state index contributed by atoms with van der Waals surface area (Å²) in [6.45, 7) is 3.68. The molecule has 1 saturated heterocycles. The van der Waals surface area contributed by atoms with Crippen molar-refractivity contribution in [2.24, 2.45) is 5.92 Å². The maximum atomic E-state index is 12.3. The predicted octanol–water partition coefficient (Wildman–Crippen LogP) is 0.928. The number of hydrogen-bond donors (Lipinski definition) is 1. The van der Waals surface area contributed by atoms with E-state index in [1.807, 2.05) is 0 Å². The maximum Gasteiger partial charge on any atom is 0.212 e. The standard InChI is InChI=1S/C15H24N4O2S/c1-22(20,21)19-7-4-13-14(17-11-16-13)15(19)5-8-18(9-6-15)10-12-2-3-12/h11-12H,2-10H2,1H3,(H,16,17). The lowest BCUT2D eigenvalue weighted by atomic mass is 9.80. The molecule has 0 atom stereocenters. The van der Waals surface area contributed by atoms with Crippen LogP contribution < -0.4 is 0 Å². The van der Waals surface area contributed by atoms with Gasteiger partial charge in [0.2, 0.25) is 10.0 Å². The minimum absolute atomic E-state index is 0.429. The van der Waals surface area contributed by atoms with E-state index in [9.17, 15) is 8.42 Å². The van der Waals surface area contributed by atoms with Crippen molar-refractivity contribution >= 4 is 10.0 Å². The summed E-state index contributed by atoms with van der Waals surface area (Å²) in [6, 6.07) is 0. The second-order valence-corrected chi connectivity index (χ2v) is 9.00. The van der Waals surface area contributed by atoms with Crippen LogP contribution in [0.25, 0.3) is 0 Å². The first-order valence-electron chi connectivity index (χ1n) is 8.22. The number of hydrogen-bond acceptors (Lipinski definition) is 4. The number of aromatic amines is 1. The summed E-state index contributed by atoms with van der Waals surface area (Å²) in [6.07, 6.45) is 8.21. The van der Waals surface area contributed by atoms with Gasteiger partial charge in [0.15, 0.2) is 0 Å². The number of rotatable bonds is 3. The van der Waals surface area contributed by atoms with E-state index in [1.54, 1.807) is 10.6 Å². The quantitative estimate of drug-likeness (QED) is 0.898. The highest BCUT2D eigenvalue weighted by atomic mass is 32.2. The molecule has 7 heteroatoms. The van der Waals surface area contributed by atoms with Crippen LogP contribution >= 0.6 is 0 Å². The van der Waals surface area contributed by atoms with Crippen molar-refractivity contribution in [2.45, 2.75) is 37.6 Å². The normalized spacial score (nSPS) is 26.2. The first-order valence-corrected chi connectivity index (χ1v) is 10.1. The van der Waals surface area contributed by atoms with Crippen LogP contribution in [0.4, 0.5) is 0 Å². The number of imidazole rings is 1. The summed E-state index contributed by atoms with van der Waals surface area (Å²) < 4.78 is 26.4. The summed E-state index contributed by atoms with van der Waals surface area (Å²) in [4.78, 5) is 10.2. The van der Waals surface area contributed by atoms with Crippen molar-refractivity contribution in [3.63, 3.8) is 0 Å². The van der Waals surface area contributed by atoms with Crippen molar-refractivity contribution in [1.82, 2.24) is 19.2 Å². The van der Waals surface area contributed by atoms with Crippen LogP contribution in [0.15, 0.2) is 6.33 Å². The smallest absolute Gasteiger partial charge is 0.212 e. The van der Waals surface area contributed by atoms with Gasteiger partial charge in [-0.2, -0.15) is 4.31 Å². The molecule has 3 aliphatic rings. The number of sulfonamides is 1. The maximum absolute atomic E-state index is 12.3. The van der Waals surface area contributed by atoms with Crippen LogP contribution in [0.2, 0.25) is 0 Å². The molecule has 0 unspecified atom stereocenters. The third kappa shape index (κ3) is 2.39. The van der Waals surface area contributed by atoms with E-state index in [0.29, 0.717) is 6.54 Å². The number of H-pyrrole nitrogens is 1. The predicted molar refractivity (Wildman–Crippen MR) is 83.9 cm³/mol. The summed E-state index contributed by atoms with van der Waals surface area (Å²) >= 11 is 0. The highest BCUT2D eigenvalue weighted by Gasteiger charge is 2.50. The first-order chi connectivity index (χ1) is 10.5. The van der Waals surface area contributed by atoms with Crippen molar-refractivity contribution in [3.05, 3.63) is 17.7 Å². The molecule has 2 aliphatic heterocycles. The highest BCUT2D eigenvalue weighted by Crippen LogP contribution is 2.44. The molecule has 0 aromatic carbocycles. The topological polar surface area (TPSA) is 69.3 Å². The average molecular weight is 324 g/mol. The molecule has 1 aliphatic carbocycles. The van der Waals surface area contributed by atoms with Crippen LogP contribution in [-0.4, -0.2) is 60.0 Å². The van der Waals surface area contributed by atoms with Gasteiger partial charge in [-0.15, -0.1) is 0 Å². The second kappa shape index (κ2) is 5.04. The van der Waals surface area contributed by atoms with Gasteiger partial charge < -0.3 is 9.88 Å². The number of piperidine rings is 1. The Balaban J connectivity index is 1.64. The van der Waals surface area contributed by atoms with E-state index in [4.69, 9.17) is 0 Å². The lowest BCUT2D eigenvalue weighted by molar-refractivity contribution is 0.0618. The van der Waals surface area contributed by atoms with Crippen LogP contribution in [0.1, 0.15) is 37.1 Å². The minimum Gasteiger partial charge on any atom is -0.348 e. The fourth-order valence-corrected chi connectivity index (χ4v) is 5.53. The number of fused-ring (bicyclic) bond motifs is 2. The molecule has 0 bridgehead atoms. The van der Waals surface area contributed by atoms with Crippen LogP contribution in [0, 0.1) is 5.92 Å². The van der Waals surface area contributed by atoms with Gasteiger partial charge >= 0.3 is 0 Å². The number of nitrogens with zero attached hydrogens (tertiary/aromatic N) is 3. The lowest BCUT2D eigenvalue weighted by Gasteiger charge is -2.49. The Kier molecular flexibility index (Phi) is 3.36. The molecule has 1 saturated carbocycles. The molecule has 22 heavy (non-hydrogen) atoms. The van der Waals surface area contributed by atoms with Gasteiger partial charge in [-0.05, 0) is 31.6 Å². The van der Waals surface area contributed by atoms with Gasteiger partial charge in [0, 0.05) is 38.3 Å².